The van der Waals surface area contributed by atoms with E-state index in [1.54, 1.807) is 30.3 Å². The molecule has 7 heteroatoms. The van der Waals surface area contributed by atoms with Crippen LogP contribution in [0.2, 0.25) is 0 Å². The molecule has 0 saturated carbocycles. The van der Waals surface area contributed by atoms with Crippen molar-refractivity contribution in [3.05, 3.63) is 52.4 Å². The van der Waals surface area contributed by atoms with Crippen LogP contribution in [0.5, 0.6) is 0 Å². The Morgan fingerprint density at radius 3 is 2.05 bits per heavy atom. The summed E-state index contributed by atoms with van der Waals surface area (Å²) in [5.74, 6) is -2.24. The van der Waals surface area contributed by atoms with Gasteiger partial charge in [0.25, 0.3) is 0 Å². The molecule has 0 amide bonds. The van der Waals surface area contributed by atoms with Gasteiger partial charge in [-0.25, -0.2) is 8.42 Å². The molecule has 0 heterocycles. The zero-order valence-electron chi connectivity index (χ0n) is 11.0. The molecule has 100 valence electrons. The third-order valence-corrected chi connectivity index (χ3v) is 3.99. The van der Waals surface area contributed by atoms with E-state index < -0.39 is 26.6 Å². The summed E-state index contributed by atoms with van der Waals surface area (Å²) in [6.45, 7) is 0. The van der Waals surface area contributed by atoms with Crippen molar-refractivity contribution in [2.75, 3.05) is 0 Å². The molecule has 0 unspecified atom stereocenters. The minimum absolute atomic E-state index is 0. The van der Waals surface area contributed by atoms with Gasteiger partial charge in [-0.15, -0.1) is 0 Å². The van der Waals surface area contributed by atoms with E-state index in [1.165, 1.54) is 6.07 Å². The molecule has 0 saturated heterocycles. The number of Topliss-reactive ketones (excluding diaryl/α,β-unsaturated/α-hetero) is 2. The monoisotopic (exact) mass is 310 g/mol. The molecule has 21 heavy (non-hydrogen) atoms. The van der Waals surface area contributed by atoms with Crippen molar-refractivity contribution < 1.29 is 52.1 Å². The number of benzene rings is 2. The summed E-state index contributed by atoms with van der Waals surface area (Å²) in [4.78, 5) is 22.6. The zero-order chi connectivity index (χ0) is 14.5. The maximum Gasteiger partial charge on any atom is 1.00 e. The van der Waals surface area contributed by atoms with Crippen molar-refractivity contribution in [2.24, 2.45) is 0 Å². The second-order valence-electron chi connectivity index (χ2n) is 4.41. The van der Waals surface area contributed by atoms with Gasteiger partial charge in [0.1, 0.15) is 15.0 Å². The number of carbonyl (C=O) groups is 2. The maximum atomic E-state index is 11.9. The Balaban J connectivity index is 0.00000161. The summed E-state index contributed by atoms with van der Waals surface area (Å²) in [5.41, 5.74) is 0.379. The first-order valence-corrected chi connectivity index (χ1v) is 7.08. The predicted molar refractivity (Wildman–Crippen MR) is 71.0 cm³/mol. The molecule has 0 atom stereocenters. The Bertz CT molecular complexity index is 912. The van der Waals surface area contributed by atoms with Crippen LogP contribution in [0.1, 0.15) is 15.9 Å². The molecular formula is C14H7NaO5S. The molecular weight excluding hydrogens is 303 g/mol. The van der Waals surface area contributed by atoms with Gasteiger partial charge < -0.3 is 4.55 Å². The molecule has 3 rings (SSSR count). The minimum Gasteiger partial charge on any atom is -0.744 e. The minimum atomic E-state index is -4.96. The summed E-state index contributed by atoms with van der Waals surface area (Å²) >= 11 is 0. The van der Waals surface area contributed by atoms with E-state index in [0.717, 1.165) is 16.8 Å². The van der Waals surface area contributed by atoms with Crippen LogP contribution in [-0.4, -0.2) is 24.5 Å². The Morgan fingerprint density at radius 1 is 0.905 bits per heavy atom. The standard InChI is InChI=1S/C14H8O5S.Na/c15-13-11-6-9-4-2-1-3-8(9)5-10(11)7-12(14(13)16)20(17,18)19;/h1-7H,(H,17,18,19);/q;+1/p-1. The van der Waals surface area contributed by atoms with E-state index in [0.29, 0.717) is 0 Å². The summed E-state index contributed by atoms with van der Waals surface area (Å²) in [6, 6.07) is 10.2. The van der Waals surface area contributed by atoms with Crippen LogP contribution in [0.25, 0.3) is 16.8 Å². The van der Waals surface area contributed by atoms with Gasteiger partial charge in [0.05, 0.1) is 0 Å². The number of fused-ring (bicyclic) bond motifs is 2. The van der Waals surface area contributed by atoms with Crippen molar-refractivity contribution in [2.45, 2.75) is 0 Å². The molecule has 1 aliphatic carbocycles. The van der Waals surface area contributed by atoms with Crippen molar-refractivity contribution >= 4 is 38.5 Å². The van der Waals surface area contributed by atoms with Crippen LogP contribution >= 0.6 is 0 Å². The Hall–Kier alpha value is -1.31. The van der Waals surface area contributed by atoms with Gasteiger partial charge in [0, 0.05) is 5.56 Å². The number of carbonyl (C=O) groups excluding carboxylic acids is 2. The number of rotatable bonds is 1. The first-order chi connectivity index (χ1) is 9.38. The summed E-state index contributed by atoms with van der Waals surface area (Å²) in [6.07, 6.45) is 0.966. The Labute approximate surface area is 142 Å². The second kappa shape index (κ2) is 5.47. The van der Waals surface area contributed by atoms with E-state index in [-0.39, 0.29) is 40.7 Å². The molecule has 0 spiro atoms. The number of hydrogen-bond acceptors (Lipinski definition) is 5. The first-order valence-electron chi connectivity index (χ1n) is 5.67. The van der Waals surface area contributed by atoms with Gasteiger partial charge in [-0.2, -0.15) is 0 Å². The maximum absolute atomic E-state index is 11.9. The molecule has 2 aromatic carbocycles. The molecule has 0 N–H and O–H groups in total. The summed E-state index contributed by atoms with van der Waals surface area (Å²) in [7, 11) is -4.96. The normalized spacial score (nSPS) is 14.4. The number of ketones is 2. The number of hydrogen-bond donors (Lipinski definition) is 0. The van der Waals surface area contributed by atoms with Gasteiger partial charge in [-0.3, -0.25) is 9.59 Å². The Morgan fingerprint density at radius 2 is 1.48 bits per heavy atom. The molecule has 0 bridgehead atoms. The van der Waals surface area contributed by atoms with E-state index in [9.17, 15) is 22.6 Å². The molecule has 1 aliphatic rings. The molecule has 0 aliphatic heterocycles. The van der Waals surface area contributed by atoms with E-state index >= 15 is 0 Å². The van der Waals surface area contributed by atoms with E-state index in [4.69, 9.17) is 0 Å². The average Bonchev–Trinajstić information content (AvgIpc) is 2.40. The third kappa shape index (κ3) is 2.73. The fourth-order valence-electron chi connectivity index (χ4n) is 2.20. The second-order valence-corrected chi connectivity index (χ2v) is 5.76. The number of allylic oxidation sites excluding steroid dienone is 1. The molecule has 5 nitrogen and oxygen atoms in total. The molecule has 0 aromatic heterocycles. The quantitative estimate of drug-likeness (QED) is 0.363. The smallest absolute Gasteiger partial charge is 0.744 e. The topological polar surface area (TPSA) is 91.3 Å². The largest absolute Gasteiger partial charge is 1.00 e. The van der Waals surface area contributed by atoms with Crippen molar-refractivity contribution in [1.82, 2.24) is 0 Å². The van der Waals surface area contributed by atoms with Gasteiger partial charge in [0.15, 0.2) is 0 Å². The molecule has 0 fully saturated rings. The van der Waals surface area contributed by atoms with Crippen LogP contribution in [0.3, 0.4) is 0 Å². The van der Waals surface area contributed by atoms with Gasteiger partial charge >= 0.3 is 29.6 Å². The van der Waals surface area contributed by atoms with E-state index in [2.05, 4.69) is 0 Å². The molecule has 2 aromatic rings. The van der Waals surface area contributed by atoms with Crippen LogP contribution in [-0.2, 0) is 14.9 Å². The van der Waals surface area contributed by atoms with Crippen LogP contribution < -0.4 is 29.6 Å². The van der Waals surface area contributed by atoms with Crippen LogP contribution in [0, 0.1) is 0 Å². The van der Waals surface area contributed by atoms with Gasteiger partial charge in [-0.05, 0) is 34.5 Å². The zero-order valence-corrected chi connectivity index (χ0v) is 13.8. The average molecular weight is 310 g/mol. The SMILES string of the molecule is O=C1C(=O)c2cc3ccccc3cc2C=C1S(=O)(=O)[O-].[Na+]. The summed E-state index contributed by atoms with van der Waals surface area (Å²) < 4.78 is 33.1. The molecule has 0 radical (unpaired) electrons. The Kier molecular flexibility index (Phi) is 4.19. The van der Waals surface area contributed by atoms with Crippen molar-refractivity contribution in [1.29, 1.82) is 0 Å². The van der Waals surface area contributed by atoms with Gasteiger partial charge in [-0.1, -0.05) is 24.3 Å². The predicted octanol–water partition coefficient (Wildman–Crippen LogP) is -1.50. The van der Waals surface area contributed by atoms with Crippen molar-refractivity contribution in [3.8, 4) is 0 Å². The fraction of sp³-hybridized carbons (Fsp3) is 0. The van der Waals surface area contributed by atoms with E-state index in [1.807, 2.05) is 0 Å². The first kappa shape index (κ1) is 16.1. The summed E-state index contributed by atoms with van der Waals surface area (Å²) in [5, 5.41) is 1.54. The van der Waals surface area contributed by atoms with Crippen LogP contribution in [0.4, 0.5) is 0 Å². The van der Waals surface area contributed by atoms with Crippen LogP contribution in [0.15, 0.2) is 41.3 Å². The van der Waals surface area contributed by atoms with Gasteiger partial charge in [0.2, 0.25) is 11.6 Å². The van der Waals surface area contributed by atoms with Crippen molar-refractivity contribution in [3.63, 3.8) is 0 Å². The fourth-order valence-corrected chi connectivity index (χ4v) is 2.79. The third-order valence-electron chi connectivity index (χ3n) is 3.15.